The molecule has 0 radical (unpaired) electrons. The molecule has 0 bridgehead atoms. The van der Waals surface area contributed by atoms with Crippen molar-refractivity contribution in [2.75, 3.05) is 26.2 Å². The fourth-order valence-electron chi connectivity index (χ4n) is 2.10. The molecule has 0 fully saturated rings. The molecule has 0 saturated carbocycles. The van der Waals surface area contributed by atoms with Gasteiger partial charge in [0.15, 0.2) is 5.82 Å². The number of para-hydroxylation sites is 1. The number of nitrogens with two attached hydrogens (primary N) is 1. The zero-order chi connectivity index (χ0) is 16.3. The van der Waals surface area contributed by atoms with Crippen LogP contribution in [0.2, 0.25) is 5.02 Å². The first-order chi connectivity index (χ1) is 10.5. The molecule has 0 aliphatic carbocycles. The van der Waals surface area contributed by atoms with E-state index in [2.05, 4.69) is 9.97 Å². The summed E-state index contributed by atoms with van der Waals surface area (Å²) in [5.41, 5.74) is 7.53. The summed E-state index contributed by atoms with van der Waals surface area (Å²) in [5, 5.41) is 0.507. The highest BCUT2D eigenvalue weighted by molar-refractivity contribution is 7.99. The van der Waals surface area contributed by atoms with Crippen molar-refractivity contribution in [3.63, 3.8) is 0 Å². The Morgan fingerprint density at radius 3 is 2.27 bits per heavy atom. The van der Waals surface area contributed by atoms with Crippen LogP contribution in [-0.2, 0) is 4.75 Å². The van der Waals surface area contributed by atoms with Crippen molar-refractivity contribution in [2.24, 2.45) is 0 Å². The monoisotopic (exact) mass is 339 g/mol. The van der Waals surface area contributed by atoms with Crippen molar-refractivity contribution in [3.8, 4) is 11.8 Å². The van der Waals surface area contributed by atoms with E-state index >= 15 is 0 Å². The number of aromatic nitrogens is 2. The van der Waals surface area contributed by atoms with Gasteiger partial charge < -0.3 is 15.2 Å². The second kappa shape index (κ2) is 6.62. The Morgan fingerprint density at radius 1 is 1.18 bits per heavy atom. The summed E-state index contributed by atoms with van der Waals surface area (Å²) in [7, 11) is 3.10. The van der Waals surface area contributed by atoms with E-state index in [4.69, 9.17) is 26.8 Å². The van der Waals surface area contributed by atoms with Gasteiger partial charge in [-0.2, -0.15) is 9.97 Å². The first-order valence-electron chi connectivity index (χ1n) is 6.53. The molecule has 1 atom stereocenters. The molecule has 7 heteroatoms. The van der Waals surface area contributed by atoms with Crippen molar-refractivity contribution in [2.45, 2.75) is 11.7 Å². The van der Waals surface area contributed by atoms with Gasteiger partial charge in [0.25, 0.3) is 0 Å². The van der Waals surface area contributed by atoms with E-state index in [-0.39, 0.29) is 0 Å². The highest BCUT2D eigenvalue weighted by Crippen LogP contribution is 2.44. The van der Waals surface area contributed by atoms with Gasteiger partial charge in [0.05, 0.1) is 35.7 Å². The molecule has 0 aliphatic heterocycles. The quantitative estimate of drug-likeness (QED) is 0.842. The van der Waals surface area contributed by atoms with Gasteiger partial charge in [-0.05, 0) is 24.8 Å². The molecule has 1 heterocycles. The fourth-order valence-corrected chi connectivity index (χ4v) is 2.95. The average Bonchev–Trinajstić information content (AvgIpc) is 2.56. The van der Waals surface area contributed by atoms with Gasteiger partial charge in [-0.3, -0.25) is 0 Å². The molecule has 118 valence electrons. The number of hydrogen-bond acceptors (Lipinski definition) is 6. The Kier molecular flexibility index (Phi) is 5.03. The third-order valence-electron chi connectivity index (χ3n) is 3.50. The number of rotatable bonds is 5. The van der Waals surface area contributed by atoms with Crippen LogP contribution in [0, 0.1) is 0 Å². The number of thioether (sulfide) groups is 1. The Labute approximate surface area is 139 Å². The maximum Gasteiger partial charge on any atom is 0.220 e. The van der Waals surface area contributed by atoms with E-state index < -0.39 is 4.75 Å². The molecule has 0 amide bonds. The van der Waals surface area contributed by atoms with Crippen LogP contribution in [0.25, 0.3) is 0 Å². The maximum absolute atomic E-state index is 6.16. The summed E-state index contributed by atoms with van der Waals surface area (Å²) in [6, 6.07) is 7.17. The lowest BCUT2D eigenvalue weighted by Crippen LogP contribution is -2.24. The summed E-state index contributed by atoms with van der Waals surface area (Å²) >= 11 is 7.72. The molecule has 2 aromatic rings. The summed E-state index contributed by atoms with van der Waals surface area (Å²) in [6.07, 6.45) is 1.97. The average molecular weight is 340 g/mol. The molecule has 2 N–H and O–H groups in total. The second-order valence-corrected chi connectivity index (χ2v) is 6.35. The van der Waals surface area contributed by atoms with Gasteiger partial charge in [0, 0.05) is 0 Å². The normalized spacial score (nSPS) is 13.5. The first kappa shape index (κ1) is 16.7. The van der Waals surface area contributed by atoms with E-state index in [9.17, 15) is 0 Å². The summed E-state index contributed by atoms with van der Waals surface area (Å²) < 4.78 is 9.87. The largest absolute Gasteiger partial charge is 0.481 e. The minimum atomic E-state index is -0.587. The third-order valence-corrected chi connectivity index (χ3v) is 5.05. The van der Waals surface area contributed by atoms with Crippen LogP contribution in [0.3, 0.4) is 0 Å². The van der Waals surface area contributed by atoms with Gasteiger partial charge in [-0.15, -0.1) is 11.8 Å². The minimum absolute atomic E-state index is 0.433. The van der Waals surface area contributed by atoms with Crippen molar-refractivity contribution < 1.29 is 9.47 Å². The number of methoxy groups -OCH3 is 2. The fraction of sp³-hybridized carbons (Fsp3) is 0.333. The number of nitrogens with zero attached hydrogens (tertiary/aromatic N) is 2. The highest BCUT2D eigenvalue weighted by atomic mass is 35.5. The number of hydrogen-bond donors (Lipinski definition) is 1. The van der Waals surface area contributed by atoms with Gasteiger partial charge in [-0.1, -0.05) is 23.7 Å². The van der Waals surface area contributed by atoms with E-state index in [0.29, 0.717) is 28.3 Å². The predicted molar refractivity (Wildman–Crippen MR) is 91.0 cm³/mol. The second-order valence-electron chi connectivity index (χ2n) is 4.71. The smallest absolute Gasteiger partial charge is 0.220 e. The molecule has 1 unspecified atom stereocenters. The summed E-state index contributed by atoms with van der Waals surface area (Å²) in [6.45, 7) is 1.99. The Morgan fingerprint density at radius 2 is 1.77 bits per heavy atom. The zero-order valence-corrected chi connectivity index (χ0v) is 14.5. The van der Waals surface area contributed by atoms with Gasteiger partial charge in [-0.25, -0.2) is 0 Å². The van der Waals surface area contributed by atoms with Crippen molar-refractivity contribution >= 4 is 29.1 Å². The molecular weight excluding hydrogens is 322 g/mol. The third kappa shape index (κ3) is 2.94. The Bertz CT molecular complexity index is 662. The van der Waals surface area contributed by atoms with Crippen LogP contribution in [0.5, 0.6) is 11.8 Å². The first-order valence-corrected chi connectivity index (χ1v) is 8.13. The van der Waals surface area contributed by atoms with Crippen molar-refractivity contribution in [1.82, 2.24) is 9.97 Å². The summed E-state index contributed by atoms with van der Waals surface area (Å²) in [5.74, 6) is 1.41. The number of benzene rings is 1. The van der Waals surface area contributed by atoms with E-state index in [1.54, 1.807) is 38.1 Å². The number of ether oxygens (including phenoxy) is 2. The van der Waals surface area contributed by atoms with Crippen LogP contribution in [0.1, 0.15) is 18.3 Å². The Balaban J connectivity index is 2.66. The maximum atomic E-state index is 6.16. The number of halogens is 1. The van der Waals surface area contributed by atoms with Crippen LogP contribution < -0.4 is 15.2 Å². The van der Waals surface area contributed by atoms with Crippen LogP contribution >= 0.6 is 23.4 Å². The molecule has 0 spiro atoms. The van der Waals surface area contributed by atoms with Crippen molar-refractivity contribution in [3.05, 3.63) is 40.7 Å². The van der Waals surface area contributed by atoms with Crippen LogP contribution in [0.15, 0.2) is 24.3 Å². The van der Waals surface area contributed by atoms with Crippen molar-refractivity contribution in [1.29, 1.82) is 0 Å². The molecule has 2 rings (SSSR count). The van der Waals surface area contributed by atoms with Crippen LogP contribution in [-0.4, -0.2) is 30.4 Å². The zero-order valence-electron chi connectivity index (χ0n) is 12.9. The molecule has 22 heavy (non-hydrogen) atoms. The Hall–Kier alpha value is -1.66. The van der Waals surface area contributed by atoms with Gasteiger partial charge in [0.2, 0.25) is 11.8 Å². The van der Waals surface area contributed by atoms with Crippen LogP contribution in [0.4, 0.5) is 5.69 Å². The molecule has 1 aromatic carbocycles. The molecule has 1 aromatic heterocycles. The summed E-state index contributed by atoms with van der Waals surface area (Å²) in [4.78, 5) is 8.91. The SMILES string of the molecule is COc1cc(OC)nc(C(C)(SC)c2cccc(Cl)c2N)n1. The lowest BCUT2D eigenvalue weighted by molar-refractivity contribution is 0.366. The predicted octanol–water partition coefficient (Wildman–Crippen LogP) is 3.36. The van der Waals surface area contributed by atoms with E-state index in [0.717, 1.165) is 5.56 Å². The molecule has 0 aliphatic rings. The van der Waals surface area contributed by atoms with Gasteiger partial charge in [0.1, 0.15) is 0 Å². The lowest BCUT2D eigenvalue weighted by Gasteiger charge is -2.28. The topological polar surface area (TPSA) is 70.3 Å². The van der Waals surface area contributed by atoms with E-state index in [1.165, 1.54) is 0 Å². The highest BCUT2D eigenvalue weighted by Gasteiger charge is 2.34. The minimum Gasteiger partial charge on any atom is -0.481 e. The van der Waals surface area contributed by atoms with Gasteiger partial charge >= 0.3 is 0 Å². The van der Waals surface area contributed by atoms with E-state index in [1.807, 2.05) is 25.3 Å². The number of nitrogen functional groups attached to an aromatic ring is 1. The lowest BCUT2D eigenvalue weighted by atomic mass is 9.97. The molecular formula is C15H18ClN3O2S. The number of anilines is 1. The molecule has 5 nitrogen and oxygen atoms in total. The standard InChI is InChI=1S/C15H18ClN3O2S/c1-15(22-4,9-6-5-7-10(16)13(9)17)14-18-11(20-2)8-12(19-14)21-3/h5-8H,17H2,1-4H3. The molecule has 0 saturated heterocycles.